The van der Waals surface area contributed by atoms with E-state index in [0.29, 0.717) is 13.0 Å². The third kappa shape index (κ3) is 6.42. The Morgan fingerprint density at radius 1 is 1.22 bits per heavy atom. The highest BCUT2D eigenvalue weighted by Gasteiger charge is 2.30. The Hall–Kier alpha value is -1.32. The predicted octanol–water partition coefficient (Wildman–Crippen LogP) is 2.88. The Balaban J connectivity index is 4.45. The lowest BCUT2D eigenvalue weighted by Gasteiger charge is -2.18. The number of rotatable bonds is 8. The van der Waals surface area contributed by atoms with E-state index in [0.717, 1.165) is 6.42 Å². The summed E-state index contributed by atoms with van der Waals surface area (Å²) in [5.41, 5.74) is 0. The molecule has 0 spiro atoms. The van der Waals surface area contributed by atoms with Gasteiger partial charge in [-0.3, -0.25) is 9.59 Å². The van der Waals surface area contributed by atoms with E-state index in [2.05, 4.69) is 0 Å². The molecule has 0 aliphatic heterocycles. The molecule has 0 rings (SSSR count). The average Bonchev–Trinajstić information content (AvgIpc) is 2.30. The summed E-state index contributed by atoms with van der Waals surface area (Å²) in [7, 11) is 0. The van der Waals surface area contributed by atoms with E-state index in [1.54, 1.807) is 6.92 Å². The summed E-state index contributed by atoms with van der Waals surface area (Å²) in [6.45, 7) is 7.81. The summed E-state index contributed by atoms with van der Waals surface area (Å²) in [6, 6.07) is 0. The quantitative estimate of drug-likeness (QED) is 0.535. The van der Waals surface area contributed by atoms with E-state index in [4.69, 9.17) is 9.84 Å². The molecular formula is C14H24O4. The van der Waals surface area contributed by atoms with Gasteiger partial charge in [-0.05, 0) is 18.8 Å². The van der Waals surface area contributed by atoms with Gasteiger partial charge < -0.3 is 9.84 Å². The van der Waals surface area contributed by atoms with Crippen LogP contribution in [0.4, 0.5) is 0 Å². The van der Waals surface area contributed by atoms with Gasteiger partial charge in [0.15, 0.2) is 0 Å². The number of hydrogen-bond acceptors (Lipinski definition) is 3. The second kappa shape index (κ2) is 8.72. The van der Waals surface area contributed by atoms with E-state index in [1.807, 2.05) is 32.9 Å². The second-order valence-corrected chi connectivity index (χ2v) is 4.87. The average molecular weight is 256 g/mol. The van der Waals surface area contributed by atoms with Crippen LogP contribution < -0.4 is 0 Å². The number of esters is 1. The Labute approximate surface area is 109 Å². The van der Waals surface area contributed by atoms with Crippen LogP contribution in [0.3, 0.4) is 0 Å². The Morgan fingerprint density at radius 2 is 1.83 bits per heavy atom. The van der Waals surface area contributed by atoms with Crippen molar-refractivity contribution >= 4 is 11.9 Å². The Kier molecular flexibility index (Phi) is 8.08. The molecule has 0 radical (unpaired) electrons. The maximum absolute atomic E-state index is 11.7. The molecule has 2 atom stereocenters. The number of carbonyl (C=O) groups excluding carboxylic acids is 1. The van der Waals surface area contributed by atoms with Gasteiger partial charge >= 0.3 is 11.9 Å². The van der Waals surface area contributed by atoms with Crippen LogP contribution in [0.25, 0.3) is 0 Å². The second-order valence-electron chi connectivity index (χ2n) is 4.87. The van der Waals surface area contributed by atoms with Crippen LogP contribution in [-0.2, 0) is 14.3 Å². The van der Waals surface area contributed by atoms with Gasteiger partial charge in [-0.15, -0.1) is 0 Å². The van der Waals surface area contributed by atoms with E-state index in [-0.39, 0.29) is 5.92 Å². The maximum Gasteiger partial charge on any atom is 0.309 e. The third-order valence-electron chi connectivity index (χ3n) is 2.64. The third-order valence-corrected chi connectivity index (χ3v) is 2.64. The molecule has 0 aromatic rings. The molecule has 104 valence electrons. The molecule has 4 heteroatoms. The summed E-state index contributed by atoms with van der Waals surface area (Å²) < 4.78 is 5.08. The van der Waals surface area contributed by atoms with Crippen molar-refractivity contribution in [3.05, 3.63) is 12.2 Å². The van der Waals surface area contributed by atoms with Gasteiger partial charge in [0.25, 0.3) is 0 Å². The van der Waals surface area contributed by atoms with Crippen LogP contribution in [0, 0.1) is 17.8 Å². The number of aliphatic carboxylic acids is 1. The van der Waals surface area contributed by atoms with Crippen molar-refractivity contribution in [2.75, 3.05) is 6.61 Å². The minimum absolute atomic E-state index is 0.254. The molecular weight excluding hydrogens is 232 g/mol. The number of carbonyl (C=O) groups is 2. The molecule has 0 aromatic carbocycles. The fourth-order valence-electron chi connectivity index (χ4n) is 1.47. The van der Waals surface area contributed by atoms with Crippen LogP contribution >= 0.6 is 0 Å². The van der Waals surface area contributed by atoms with Crippen LogP contribution in [-0.4, -0.2) is 23.7 Å². The zero-order chi connectivity index (χ0) is 14.1. The van der Waals surface area contributed by atoms with Crippen LogP contribution in [0.2, 0.25) is 0 Å². The van der Waals surface area contributed by atoms with E-state index in [1.165, 1.54) is 0 Å². The first-order valence-electron chi connectivity index (χ1n) is 6.44. The van der Waals surface area contributed by atoms with Crippen molar-refractivity contribution in [1.82, 2.24) is 0 Å². The first-order valence-corrected chi connectivity index (χ1v) is 6.44. The van der Waals surface area contributed by atoms with E-state index < -0.39 is 23.8 Å². The largest absolute Gasteiger partial charge is 0.481 e. The normalized spacial score (nSPS) is 14.7. The molecule has 1 N–H and O–H groups in total. The SMILES string of the molecule is CCC=CCC(C(=O)O)C(C)C(=O)OCC(C)C. The van der Waals surface area contributed by atoms with Crippen molar-refractivity contribution in [3.8, 4) is 0 Å². The van der Waals surface area contributed by atoms with Crippen LogP contribution in [0.1, 0.15) is 40.5 Å². The van der Waals surface area contributed by atoms with Crippen molar-refractivity contribution in [3.63, 3.8) is 0 Å². The molecule has 4 nitrogen and oxygen atoms in total. The molecule has 0 bridgehead atoms. The number of allylic oxidation sites excluding steroid dienone is 2. The summed E-state index contributed by atoms with van der Waals surface area (Å²) >= 11 is 0. The first-order chi connectivity index (χ1) is 8.40. The van der Waals surface area contributed by atoms with Crippen molar-refractivity contribution in [2.24, 2.45) is 17.8 Å². The van der Waals surface area contributed by atoms with Gasteiger partial charge in [0.05, 0.1) is 18.4 Å². The molecule has 2 unspecified atom stereocenters. The molecule has 0 aromatic heterocycles. The van der Waals surface area contributed by atoms with Crippen LogP contribution in [0.5, 0.6) is 0 Å². The zero-order valence-electron chi connectivity index (χ0n) is 11.7. The van der Waals surface area contributed by atoms with E-state index in [9.17, 15) is 9.59 Å². The minimum atomic E-state index is -0.954. The zero-order valence-corrected chi connectivity index (χ0v) is 11.7. The van der Waals surface area contributed by atoms with Gasteiger partial charge in [0.1, 0.15) is 0 Å². The fraction of sp³-hybridized carbons (Fsp3) is 0.714. The molecule has 18 heavy (non-hydrogen) atoms. The van der Waals surface area contributed by atoms with Crippen LogP contribution in [0.15, 0.2) is 12.2 Å². The minimum Gasteiger partial charge on any atom is -0.481 e. The highest BCUT2D eigenvalue weighted by atomic mass is 16.5. The summed E-state index contributed by atoms with van der Waals surface area (Å²) in [6.07, 6.45) is 4.94. The van der Waals surface area contributed by atoms with Gasteiger partial charge in [-0.25, -0.2) is 0 Å². The lowest BCUT2D eigenvalue weighted by molar-refractivity contribution is -0.157. The first kappa shape index (κ1) is 16.7. The number of carboxylic acids is 1. The summed E-state index contributed by atoms with van der Waals surface area (Å²) in [5, 5.41) is 9.13. The topological polar surface area (TPSA) is 63.6 Å². The van der Waals surface area contributed by atoms with E-state index >= 15 is 0 Å². The van der Waals surface area contributed by atoms with Gasteiger partial charge in [-0.2, -0.15) is 0 Å². The molecule has 0 saturated carbocycles. The Morgan fingerprint density at radius 3 is 2.28 bits per heavy atom. The van der Waals surface area contributed by atoms with Gasteiger partial charge in [-0.1, -0.05) is 39.8 Å². The molecule has 0 aliphatic carbocycles. The Bertz CT molecular complexity index is 294. The van der Waals surface area contributed by atoms with Crippen molar-refractivity contribution < 1.29 is 19.4 Å². The highest BCUT2D eigenvalue weighted by Crippen LogP contribution is 2.19. The number of carboxylic acid groups (broad SMARTS) is 1. The fourth-order valence-corrected chi connectivity index (χ4v) is 1.47. The smallest absolute Gasteiger partial charge is 0.309 e. The van der Waals surface area contributed by atoms with Crippen molar-refractivity contribution in [1.29, 1.82) is 0 Å². The lowest BCUT2D eigenvalue weighted by atomic mass is 9.91. The summed E-state index contributed by atoms with van der Waals surface area (Å²) in [5.74, 6) is -2.47. The van der Waals surface area contributed by atoms with Crippen molar-refractivity contribution in [2.45, 2.75) is 40.5 Å². The maximum atomic E-state index is 11.7. The highest BCUT2D eigenvalue weighted by molar-refractivity contribution is 5.80. The lowest BCUT2D eigenvalue weighted by Crippen LogP contribution is -2.29. The molecule has 0 heterocycles. The molecule has 0 saturated heterocycles. The molecule has 0 aliphatic rings. The van der Waals surface area contributed by atoms with Gasteiger partial charge in [0.2, 0.25) is 0 Å². The number of hydrogen-bond donors (Lipinski definition) is 1. The predicted molar refractivity (Wildman–Crippen MR) is 70.1 cm³/mol. The number of ether oxygens (including phenoxy) is 1. The van der Waals surface area contributed by atoms with Gasteiger partial charge in [0, 0.05) is 0 Å². The standard InChI is InChI=1S/C14H24O4/c1-5-6-7-8-12(13(15)16)11(4)14(17)18-9-10(2)3/h6-7,10-12H,5,8-9H2,1-4H3,(H,15,16). The molecule has 0 fully saturated rings. The monoisotopic (exact) mass is 256 g/mol. The summed E-state index contributed by atoms with van der Waals surface area (Å²) in [4.78, 5) is 22.9. The molecule has 0 amide bonds.